The molecule has 3 N–H and O–H groups in total. The fourth-order valence-corrected chi connectivity index (χ4v) is 2.27. The molecular weight excluding hydrogens is 322 g/mol. The van der Waals surface area contributed by atoms with Crippen molar-refractivity contribution in [3.05, 3.63) is 29.3 Å². The van der Waals surface area contributed by atoms with Gasteiger partial charge in [0.25, 0.3) is 5.91 Å². The lowest BCUT2D eigenvalue weighted by Crippen LogP contribution is -2.51. The second kappa shape index (κ2) is 7.53. The summed E-state index contributed by atoms with van der Waals surface area (Å²) in [7, 11) is 2.02. The summed E-state index contributed by atoms with van der Waals surface area (Å²) in [5.74, 6) is -0.248. The molecule has 0 unspecified atom stereocenters. The largest absolute Gasteiger partial charge is 0.388 e. The van der Waals surface area contributed by atoms with Gasteiger partial charge in [0, 0.05) is 31.2 Å². The van der Waals surface area contributed by atoms with E-state index < -0.39 is 0 Å². The van der Waals surface area contributed by atoms with Gasteiger partial charge in [-0.3, -0.25) is 10.2 Å². The van der Waals surface area contributed by atoms with Crippen LogP contribution in [0, 0.1) is 0 Å². The molecular formula is C14H18ClN5OS. The van der Waals surface area contributed by atoms with Crippen molar-refractivity contribution in [1.82, 2.24) is 9.80 Å². The highest BCUT2D eigenvalue weighted by Gasteiger charge is 2.25. The van der Waals surface area contributed by atoms with E-state index in [4.69, 9.17) is 29.6 Å². The Morgan fingerprint density at radius 1 is 1.27 bits per heavy atom. The number of benzene rings is 1. The van der Waals surface area contributed by atoms with Gasteiger partial charge >= 0.3 is 0 Å². The maximum absolute atomic E-state index is 12.5. The molecule has 1 aliphatic rings. The molecule has 0 spiro atoms. The van der Waals surface area contributed by atoms with Gasteiger partial charge in [-0.05, 0) is 31.3 Å². The Balaban J connectivity index is 2.08. The minimum Gasteiger partial charge on any atom is -0.388 e. The summed E-state index contributed by atoms with van der Waals surface area (Å²) in [5, 5.41) is 4.69. The van der Waals surface area contributed by atoms with Crippen LogP contribution in [0.4, 0.5) is 5.69 Å². The van der Waals surface area contributed by atoms with E-state index in [-0.39, 0.29) is 16.6 Å². The van der Waals surface area contributed by atoms with Gasteiger partial charge < -0.3 is 15.5 Å². The zero-order chi connectivity index (χ0) is 16.1. The average Bonchev–Trinajstić information content (AvgIpc) is 2.49. The lowest BCUT2D eigenvalue weighted by Gasteiger charge is -2.32. The van der Waals surface area contributed by atoms with Crippen molar-refractivity contribution >= 4 is 46.1 Å². The summed E-state index contributed by atoms with van der Waals surface area (Å²) in [6.07, 6.45) is 0. The highest BCUT2D eigenvalue weighted by molar-refractivity contribution is 7.82. The number of anilines is 1. The third-order valence-corrected chi connectivity index (χ3v) is 3.81. The number of nitrogens with two attached hydrogens (primary N) is 1. The third kappa shape index (κ3) is 4.40. The van der Waals surface area contributed by atoms with Crippen LogP contribution in [0.3, 0.4) is 0 Å². The smallest absolute Gasteiger partial charge is 0.277 e. The van der Waals surface area contributed by atoms with E-state index in [2.05, 4.69) is 15.4 Å². The first-order valence-electron chi connectivity index (χ1n) is 6.84. The SMILES string of the molecule is CN1CCN(C(=O)C(=NNc2ccc(Cl)cc2)C(N)=S)CC1. The van der Waals surface area contributed by atoms with Crippen molar-refractivity contribution in [2.75, 3.05) is 38.7 Å². The van der Waals surface area contributed by atoms with Gasteiger partial charge in [-0.1, -0.05) is 23.8 Å². The number of likely N-dealkylation sites (N-methyl/N-ethyl adjacent to an activating group) is 1. The van der Waals surface area contributed by atoms with E-state index in [1.807, 2.05) is 7.05 Å². The van der Waals surface area contributed by atoms with Crippen LogP contribution in [0.2, 0.25) is 5.02 Å². The topological polar surface area (TPSA) is 74.0 Å². The number of piperazine rings is 1. The molecule has 0 radical (unpaired) electrons. The minimum absolute atomic E-state index is 0.0228. The van der Waals surface area contributed by atoms with Crippen LogP contribution >= 0.6 is 23.8 Å². The summed E-state index contributed by atoms with van der Waals surface area (Å²) in [4.78, 5) is 16.3. The fourth-order valence-electron chi connectivity index (χ4n) is 2.01. The van der Waals surface area contributed by atoms with E-state index in [1.54, 1.807) is 29.2 Å². The Bertz CT molecular complexity index is 581. The predicted molar refractivity (Wildman–Crippen MR) is 93.4 cm³/mol. The molecule has 1 fully saturated rings. The fraction of sp³-hybridized carbons (Fsp3) is 0.357. The molecule has 1 amide bonds. The highest BCUT2D eigenvalue weighted by atomic mass is 35.5. The monoisotopic (exact) mass is 339 g/mol. The van der Waals surface area contributed by atoms with Gasteiger partial charge in [0.2, 0.25) is 0 Å². The first-order valence-corrected chi connectivity index (χ1v) is 7.63. The number of thiocarbonyl (C=S) groups is 1. The molecule has 1 aromatic rings. The molecule has 6 nitrogen and oxygen atoms in total. The molecule has 0 saturated carbocycles. The molecule has 118 valence electrons. The zero-order valence-corrected chi connectivity index (χ0v) is 13.8. The molecule has 1 saturated heterocycles. The number of carbonyl (C=O) groups is 1. The quantitative estimate of drug-likeness (QED) is 0.489. The van der Waals surface area contributed by atoms with Crippen LogP contribution in [0.1, 0.15) is 0 Å². The third-order valence-electron chi connectivity index (χ3n) is 3.37. The number of rotatable bonds is 4. The van der Waals surface area contributed by atoms with Gasteiger partial charge in [0.1, 0.15) is 4.99 Å². The molecule has 0 bridgehead atoms. The van der Waals surface area contributed by atoms with E-state index in [9.17, 15) is 4.79 Å². The summed E-state index contributed by atoms with van der Waals surface area (Å²) in [6.45, 7) is 2.91. The van der Waals surface area contributed by atoms with Gasteiger partial charge in [-0.15, -0.1) is 0 Å². The van der Waals surface area contributed by atoms with Crippen molar-refractivity contribution in [2.45, 2.75) is 0 Å². The summed E-state index contributed by atoms with van der Waals surface area (Å²) in [6, 6.07) is 6.96. The second-order valence-corrected chi connectivity index (χ2v) is 5.92. The number of amides is 1. The summed E-state index contributed by atoms with van der Waals surface area (Å²) < 4.78 is 0. The molecule has 1 aromatic carbocycles. The Morgan fingerprint density at radius 2 is 1.86 bits per heavy atom. The van der Waals surface area contributed by atoms with Crippen LogP contribution in [0.25, 0.3) is 0 Å². The number of carbonyl (C=O) groups excluding carboxylic acids is 1. The van der Waals surface area contributed by atoms with Gasteiger partial charge in [-0.2, -0.15) is 5.10 Å². The van der Waals surface area contributed by atoms with Gasteiger partial charge in [0.05, 0.1) is 5.69 Å². The first kappa shape index (κ1) is 16.7. The standard InChI is InChI=1S/C14H18ClN5OS/c1-19-6-8-20(9-7-19)14(21)12(13(16)22)18-17-11-4-2-10(15)3-5-11/h2-5,17H,6-9H2,1H3,(H2,16,22). The molecule has 1 heterocycles. The van der Waals surface area contributed by atoms with Crippen molar-refractivity contribution in [2.24, 2.45) is 10.8 Å². The molecule has 1 aliphatic heterocycles. The van der Waals surface area contributed by atoms with Crippen molar-refractivity contribution in [3.63, 3.8) is 0 Å². The zero-order valence-electron chi connectivity index (χ0n) is 12.3. The first-order chi connectivity index (χ1) is 10.5. The maximum atomic E-state index is 12.5. The van der Waals surface area contributed by atoms with Crippen LogP contribution in [-0.4, -0.2) is 59.6 Å². The number of hydrogen-bond acceptors (Lipinski definition) is 5. The number of nitrogens with one attached hydrogen (secondary N) is 1. The Hall–Kier alpha value is -1.70. The van der Waals surface area contributed by atoms with Gasteiger partial charge in [-0.25, -0.2) is 0 Å². The molecule has 22 heavy (non-hydrogen) atoms. The number of hydrazone groups is 1. The normalized spacial score (nSPS) is 16.5. The lowest BCUT2D eigenvalue weighted by atomic mass is 10.2. The summed E-state index contributed by atoms with van der Waals surface area (Å²) in [5.41, 5.74) is 9.19. The van der Waals surface area contributed by atoms with E-state index >= 15 is 0 Å². The Kier molecular flexibility index (Phi) is 5.70. The molecule has 2 rings (SSSR count). The molecule has 0 aromatic heterocycles. The van der Waals surface area contributed by atoms with Crippen molar-refractivity contribution in [3.8, 4) is 0 Å². The van der Waals surface area contributed by atoms with Crippen LogP contribution in [0.5, 0.6) is 0 Å². The summed E-state index contributed by atoms with van der Waals surface area (Å²) >= 11 is 10.8. The van der Waals surface area contributed by atoms with Crippen LogP contribution < -0.4 is 11.2 Å². The molecule has 0 aliphatic carbocycles. The van der Waals surface area contributed by atoms with Crippen LogP contribution in [-0.2, 0) is 4.79 Å². The number of hydrogen-bond donors (Lipinski definition) is 2. The number of nitrogens with zero attached hydrogens (tertiary/aromatic N) is 3. The number of halogens is 1. The van der Waals surface area contributed by atoms with Crippen molar-refractivity contribution in [1.29, 1.82) is 0 Å². The van der Waals surface area contributed by atoms with E-state index in [0.717, 1.165) is 13.1 Å². The molecule has 8 heteroatoms. The van der Waals surface area contributed by atoms with E-state index in [1.165, 1.54) is 0 Å². The minimum atomic E-state index is -0.248. The lowest BCUT2D eigenvalue weighted by molar-refractivity contribution is -0.125. The van der Waals surface area contributed by atoms with Crippen LogP contribution in [0.15, 0.2) is 29.4 Å². The molecule has 0 atom stereocenters. The second-order valence-electron chi connectivity index (χ2n) is 5.04. The average molecular weight is 340 g/mol. The predicted octanol–water partition coefficient (Wildman–Crippen LogP) is 1.17. The van der Waals surface area contributed by atoms with Gasteiger partial charge in [0.15, 0.2) is 5.71 Å². The Morgan fingerprint density at radius 3 is 2.41 bits per heavy atom. The Labute approximate surface area is 139 Å². The highest BCUT2D eigenvalue weighted by Crippen LogP contribution is 2.13. The maximum Gasteiger partial charge on any atom is 0.277 e. The van der Waals surface area contributed by atoms with Crippen molar-refractivity contribution < 1.29 is 4.79 Å². The van der Waals surface area contributed by atoms with E-state index in [0.29, 0.717) is 23.8 Å².